The van der Waals surface area contributed by atoms with Gasteiger partial charge in [0.1, 0.15) is 6.61 Å². The molecule has 0 atom stereocenters. The topological polar surface area (TPSA) is 47.0 Å². The predicted octanol–water partition coefficient (Wildman–Crippen LogP) is 1.51. The molecule has 1 aromatic rings. The lowest BCUT2D eigenvalue weighted by Crippen LogP contribution is -2.12. The summed E-state index contributed by atoms with van der Waals surface area (Å²) < 4.78 is 5.35. The van der Waals surface area contributed by atoms with Gasteiger partial charge < -0.3 is 10.1 Å². The highest BCUT2D eigenvalue weighted by Gasteiger charge is 1.97. The summed E-state index contributed by atoms with van der Waals surface area (Å²) in [7, 11) is 0. The van der Waals surface area contributed by atoms with Gasteiger partial charge in [-0.05, 0) is 13.0 Å². The van der Waals surface area contributed by atoms with Crippen LogP contribution in [0.3, 0.4) is 0 Å². The Hall–Kier alpha value is -1.00. The van der Waals surface area contributed by atoms with Gasteiger partial charge in [0.15, 0.2) is 5.82 Å². The van der Waals surface area contributed by atoms with Gasteiger partial charge >= 0.3 is 0 Å². The fourth-order valence-electron chi connectivity index (χ4n) is 1.12. The molecule has 0 bridgehead atoms. The lowest BCUT2D eigenvalue weighted by molar-refractivity contribution is 0.116. The Morgan fingerprint density at radius 3 is 2.60 bits per heavy atom. The number of hydrogen-bond donors (Lipinski definition) is 1. The van der Waals surface area contributed by atoms with Crippen molar-refractivity contribution in [1.82, 2.24) is 15.3 Å². The monoisotopic (exact) mass is 209 g/mol. The minimum absolute atomic E-state index is 0.509. The molecule has 84 valence electrons. The third-order valence-corrected chi connectivity index (χ3v) is 1.92. The zero-order valence-electron chi connectivity index (χ0n) is 9.49. The van der Waals surface area contributed by atoms with Crippen molar-refractivity contribution in [3.8, 4) is 0 Å². The van der Waals surface area contributed by atoms with Crippen LogP contribution in [0.5, 0.6) is 0 Å². The van der Waals surface area contributed by atoms with Crippen molar-refractivity contribution in [2.45, 2.75) is 33.4 Å². The molecular formula is C11H19N3O. The van der Waals surface area contributed by atoms with Gasteiger partial charge in [-0.2, -0.15) is 0 Å². The van der Waals surface area contributed by atoms with Crippen molar-refractivity contribution in [3.05, 3.63) is 23.8 Å². The van der Waals surface area contributed by atoms with Crippen LogP contribution in [-0.4, -0.2) is 23.1 Å². The summed E-state index contributed by atoms with van der Waals surface area (Å²) >= 11 is 0. The predicted molar refractivity (Wildman–Crippen MR) is 59.4 cm³/mol. The van der Waals surface area contributed by atoms with Crippen LogP contribution < -0.4 is 5.32 Å². The van der Waals surface area contributed by atoms with E-state index in [0.717, 1.165) is 37.5 Å². The Balaban J connectivity index is 2.35. The van der Waals surface area contributed by atoms with Crippen LogP contribution in [0.1, 0.15) is 31.7 Å². The van der Waals surface area contributed by atoms with Gasteiger partial charge in [0.25, 0.3) is 0 Å². The van der Waals surface area contributed by atoms with Crippen molar-refractivity contribution in [1.29, 1.82) is 0 Å². The third kappa shape index (κ3) is 4.85. The lowest BCUT2D eigenvalue weighted by atomic mass is 10.3. The summed E-state index contributed by atoms with van der Waals surface area (Å²) in [5, 5.41) is 3.23. The second-order valence-corrected chi connectivity index (χ2v) is 3.34. The van der Waals surface area contributed by atoms with Crippen LogP contribution in [0.2, 0.25) is 0 Å². The van der Waals surface area contributed by atoms with Gasteiger partial charge in [0.2, 0.25) is 0 Å². The molecule has 0 aliphatic carbocycles. The molecule has 0 saturated carbocycles. The highest BCUT2D eigenvalue weighted by molar-refractivity contribution is 5.04. The maximum Gasteiger partial charge on any atom is 0.153 e. The van der Waals surface area contributed by atoms with Crippen LogP contribution >= 0.6 is 0 Å². The van der Waals surface area contributed by atoms with Gasteiger partial charge in [-0.25, -0.2) is 9.97 Å². The van der Waals surface area contributed by atoms with Gasteiger partial charge in [-0.3, -0.25) is 0 Å². The standard InChI is InChI=1S/C11H19N3O/c1-3-5-15-9-11-13-7-10(8-14-11)6-12-4-2/h7-8,12H,3-6,9H2,1-2H3. The molecule has 15 heavy (non-hydrogen) atoms. The first-order valence-corrected chi connectivity index (χ1v) is 5.45. The number of nitrogens with one attached hydrogen (secondary N) is 1. The first kappa shape index (κ1) is 12.1. The number of aromatic nitrogens is 2. The highest BCUT2D eigenvalue weighted by Crippen LogP contribution is 1.97. The van der Waals surface area contributed by atoms with Crippen LogP contribution in [-0.2, 0) is 17.9 Å². The van der Waals surface area contributed by atoms with Gasteiger partial charge in [0.05, 0.1) is 0 Å². The van der Waals surface area contributed by atoms with Crippen LogP contribution in [0.4, 0.5) is 0 Å². The summed E-state index contributed by atoms with van der Waals surface area (Å²) in [5.41, 5.74) is 1.11. The van der Waals surface area contributed by atoms with Gasteiger partial charge in [0, 0.05) is 31.1 Å². The molecular weight excluding hydrogens is 190 g/mol. The molecule has 0 aromatic carbocycles. The summed E-state index contributed by atoms with van der Waals surface area (Å²) in [4.78, 5) is 8.45. The van der Waals surface area contributed by atoms with E-state index in [1.165, 1.54) is 0 Å². The first-order valence-electron chi connectivity index (χ1n) is 5.45. The summed E-state index contributed by atoms with van der Waals surface area (Å²) in [6, 6.07) is 0. The van der Waals surface area contributed by atoms with Crippen molar-refractivity contribution >= 4 is 0 Å². The Morgan fingerprint density at radius 2 is 2.00 bits per heavy atom. The van der Waals surface area contributed by atoms with Crippen molar-refractivity contribution < 1.29 is 4.74 Å². The van der Waals surface area contributed by atoms with E-state index in [4.69, 9.17) is 4.74 Å². The Morgan fingerprint density at radius 1 is 1.27 bits per heavy atom. The van der Waals surface area contributed by atoms with Crippen LogP contribution in [0, 0.1) is 0 Å². The van der Waals surface area contributed by atoms with Crippen molar-refractivity contribution in [2.24, 2.45) is 0 Å². The summed E-state index contributed by atoms with van der Waals surface area (Å²) in [5.74, 6) is 0.753. The molecule has 0 radical (unpaired) electrons. The molecule has 1 rings (SSSR count). The van der Waals surface area contributed by atoms with E-state index in [-0.39, 0.29) is 0 Å². The molecule has 1 aromatic heterocycles. The normalized spacial score (nSPS) is 10.5. The Bertz CT molecular complexity index is 261. The van der Waals surface area contributed by atoms with E-state index in [0.29, 0.717) is 6.61 Å². The second-order valence-electron chi connectivity index (χ2n) is 3.34. The molecule has 1 heterocycles. The van der Waals surface area contributed by atoms with E-state index >= 15 is 0 Å². The molecule has 0 unspecified atom stereocenters. The first-order chi connectivity index (χ1) is 7.36. The molecule has 0 spiro atoms. The fraction of sp³-hybridized carbons (Fsp3) is 0.636. The largest absolute Gasteiger partial charge is 0.373 e. The van der Waals surface area contributed by atoms with E-state index in [9.17, 15) is 0 Å². The third-order valence-electron chi connectivity index (χ3n) is 1.92. The number of rotatable bonds is 7. The van der Waals surface area contributed by atoms with Crippen molar-refractivity contribution in [3.63, 3.8) is 0 Å². The lowest BCUT2D eigenvalue weighted by Gasteiger charge is -2.03. The minimum atomic E-state index is 0.509. The van der Waals surface area contributed by atoms with E-state index < -0.39 is 0 Å². The zero-order valence-corrected chi connectivity index (χ0v) is 9.49. The molecule has 0 amide bonds. The summed E-state index contributed by atoms with van der Waals surface area (Å²) in [6.45, 7) is 7.22. The van der Waals surface area contributed by atoms with E-state index in [2.05, 4.69) is 29.1 Å². The molecule has 0 saturated heterocycles. The summed E-state index contributed by atoms with van der Waals surface area (Å²) in [6.07, 6.45) is 4.72. The molecule has 0 aliphatic heterocycles. The Kier molecular flexibility index (Phi) is 5.88. The van der Waals surface area contributed by atoms with Crippen molar-refractivity contribution in [2.75, 3.05) is 13.2 Å². The second kappa shape index (κ2) is 7.31. The molecule has 4 nitrogen and oxygen atoms in total. The van der Waals surface area contributed by atoms with Crippen LogP contribution in [0.15, 0.2) is 12.4 Å². The maximum absolute atomic E-state index is 5.35. The molecule has 0 fully saturated rings. The zero-order chi connectivity index (χ0) is 10.9. The SMILES string of the molecule is CCCOCc1ncc(CNCC)cn1. The van der Waals surface area contributed by atoms with Crippen LogP contribution in [0.25, 0.3) is 0 Å². The highest BCUT2D eigenvalue weighted by atomic mass is 16.5. The van der Waals surface area contributed by atoms with E-state index in [1.807, 2.05) is 12.4 Å². The fourth-order valence-corrected chi connectivity index (χ4v) is 1.12. The quantitative estimate of drug-likeness (QED) is 0.691. The maximum atomic E-state index is 5.35. The number of nitrogens with zero attached hydrogens (tertiary/aromatic N) is 2. The number of hydrogen-bond acceptors (Lipinski definition) is 4. The average molecular weight is 209 g/mol. The molecule has 1 N–H and O–H groups in total. The number of ether oxygens (including phenoxy) is 1. The van der Waals surface area contributed by atoms with Gasteiger partial charge in [-0.15, -0.1) is 0 Å². The molecule has 0 aliphatic rings. The van der Waals surface area contributed by atoms with E-state index in [1.54, 1.807) is 0 Å². The smallest absolute Gasteiger partial charge is 0.153 e. The Labute approximate surface area is 91.1 Å². The minimum Gasteiger partial charge on any atom is -0.373 e. The van der Waals surface area contributed by atoms with Gasteiger partial charge in [-0.1, -0.05) is 13.8 Å². The average Bonchev–Trinajstić information content (AvgIpc) is 2.28. The molecule has 4 heteroatoms.